The average Bonchev–Trinajstić information content (AvgIpc) is 3.15. The first kappa shape index (κ1) is 21.5. The lowest BCUT2D eigenvalue weighted by molar-refractivity contribution is -0.137. The molecule has 1 atom stereocenters. The van der Waals surface area contributed by atoms with Crippen LogP contribution in [0.1, 0.15) is 30.9 Å². The first-order valence-corrected chi connectivity index (χ1v) is 9.33. The summed E-state index contributed by atoms with van der Waals surface area (Å²) in [4.78, 5) is 4.41. The lowest BCUT2D eigenvalue weighted by Crippen LogP contribution is -2.38. The number of hydrogen-bond donors (Lipinski definition) is 2. The van der Waals surface area contributed by atoms with Crippen LogP contribution in [0.4, 0.5) is 13.2 Å². The highest BCUT2D eigenvalue weighted by molar-refractivity contribution is 5.79. The number of hydrogen-bond acceptors (Lipinski definition) is 3. The molecule has 2 N–H and O–H groups in total. The van der Waals surface area contributed by atoms with Gasteiger partial charge in [-0.3, -0.25) is 0 Å². The highest BCUT2D eigenvalue weighted by Gasteiger charge is 2.29. The molecule has 1 unspecified atom stereocenters. The molecule has 0 spiro atoms. The fourth-order valence-electron chi connectivity index (χ4n) is 2.66. The van der Waals surface area contributed by atoms with Gasteiger partial charge in [0.2, 0.25) is 0 Å². The van der Waals surface area contributed by atoms with Crippen LogP contribution >= 0.6 is 0 Å². The summed E-state index contributed by atoms with van der Waals surface area (Å²) in [6, 6.07) is 5.07. The maximum Gasteiger partial charge on any atom is 0.416 e. The first-order chi connectivity index (χ1) is 13.0. The highest BCUT2D eigenvalue weighted by atomic mass is 19.4. The van der Waals surface area contributed by atoms with Gasteiger partial charge in [0.05, 0.1) is 25.3 Å². The molecule has 0 amide bonds. The molecule has 1 saturated heterocycles. The Labute approximate surface area is 158 Å². The zero-order valence-electron chi connectivity index (χ0n) is 15.6. The zero-order chi connectivity index (χ0) is 19.5. The fraction of sp³-hybridized carbons (Fsp3) is 0.632. The van der Waals surface area contributed by atoms with Gasteiger partial charge in [-0.25, -0.2) is 4.99 Å². The lowest BCUT2D eigenvalue weighted by atomic mass is 10.1. The molecule has 0 aliphatic carbocycles. The summed E-state index contributed by atoms with van der Waals surface area (Å²) in [5, 5.41) is 6.33. The quantitative estimate of drug-likeness (QED) is 0.388. The Hall–Kier alpha value is -1.80. The third kappa shape index (κ3) is 8.17. The second kappa shape index (κ2) is 11.1. The van der Waals surface area contributed by atoms with E-state index in [0.29, 0.717) is 38.1 Å². The third-order valence-electron chi connectivity index (χ3n) is 4.18. The number of nitrogens with one attached hydrogen (secondary N) is 2. The second-order valence-electron chi connectivity index (χ2n) is 6.47. The fourth-order valence-corrected chi connectivity index (χ4v) is 2.66. The summed E-state index contributed by atoms with van der Waals surface area (Å²) in [7, 11) is 0. The molecule has 0 radical (unpaired) electrons. The van der Waals surface area contributed by atoms with Gasteiger partial charge in [0.1, 0.15) is 0 Å². The van der Waals surface area contributed by atoms with Gasteiger partial charge >= 0.3 is 6.18 Å². The predicted molar refractivity (Wildman–Crippen MR) is 98.6 cm³/mol. The Kier molecular flexibility index (Phi) is 8.87. The summed E-state index contributed by atoms with van der Waals surface area (Å²) in [6.45, 7) is 6.71. The summed E-state index contributed by atoms with van der Waals surface area (Å²) in [5.74, 6) is 1.15. The Balaban J connectivity index is 1.69. The van der Waals surface area contributed by atoms with E-state index < -0.39 is 11.7 Å². The SMILES string of the molecule is CCNC(=NCc1ccc(C(F)(F)F)cc1)NCCCOCC1CCOC1. The van der Waals surface area contributed by atoms with Crippen LogP contribution < -0.4 is 10.6 Å². The smallest absolute Gasteiger partial charge is 0.381 e. The molecule has 1 heterocycles. The van der Waals surface area contributed by atoms with Crippen LogP contribution in [0.2, 0.25) is 0 Å². The van der Waals surface area contributed by atoms with Crippen LogP contribution in [-0.4, -0.2) is 45.5 Å². The van der Waals surface area contributed by atoms with E-state index in [2.05, 4.69) is 15.6 Å². The number of ether oxygens (including phenoxy) is 2. The molecule has 0 bridgehead atoms. The van der Waals surface area contributed by atoms with Gasteiger partial charge in [-0.1, -0.05) is 12.1 Å². The maximum atomic E-state index is 12.6. The van der Waals surface area contributed by atoms with Gasteiger partial charge in [0.15, 0.2) is 5.96 Å². The number of aliphatic imine (C=N–C) groups is 1. The van der Waals surface area contributed by atoms with Crippen molar-refractivity contribution in [3.05, 3.63) is 35.4 Å². The summed E-state index contributed by atoms with van der Waals surface area (Å²) < 4.78 is 48.7. The minimum absolute atomic E-state index is 0.311. The van der Waals surface area contributed by atoms with E-state index in [1.54, 1.807) is 0 Å². The van der Waals surface area contributed by atoms with Crippen LogP contribution in [0.25, 0.3) is 0 Å². The predicted octanol–water partition coefficient (Wildman–Crippen LogP) is 3.20. The van der Waals surface area contributed by atoms with E-state index in [-0.39, 0.29) is 0 Å². The van der Waals surface area contributed by atoms with Gasteiger partial charge in [-0.2, -0.15) is 13.2 Å². The molecule has 8 heteroatoms. The number of nitrogens with zero attached hydrogens (tertiary/aromatic N) is 1. The molecular weight excluding hydrogens is 359 g/mol. The van der Waals surface area contributed by atoms with Crippen molar-refractivity contribution in [3.63, 3.8) is 0 Å². The normalized spacial score (nSPS) is 17.9. The molecule has 152 valence electrons. The van der Waals surface area contributed by atoms with E-state index in [4.69, 9.17) is 9.47 Å². The lowest BCUT2D eigenvalue weighted by Gasteiger charge is -2.12. The highest BCUT2D eigenvalue weighted by Crippen LogP contribution is 2.29. The van der Waals surface area contributed by atoms with E-state index in [0.717, 1.165) is 50.4 Å². The van der Waals surface area contributed by atoms with Crippen molar-refractivity contribution in [1.82, 2.24) is 10.6 Å². The molecule has 1 aliphatic rings. The summed E-state index contributed by atoms with van der Waals surface area (Å²) >= 11 is 0. The molecule has 2 rings (SSSR count). The summed E-state index contributed by atoms with van der Waals surface area (Å²) in [5.41, 5.74) is 0.0757. The standard InChI is InChI=1S/C19H28F3N3O2/c1-2-23-18(24-9-3-10-26-13-16-8-11-27-14-16)25-12-15-4-6-17(7-5-15)19(20,21)22/h4-7,16H,2-3,8-14H2,1H3,(H2,23,24,25). The van der Waals surface area contributed by atoms with Crippen LogP contribution in [0, 0.1) is 5.92 Å². The Morgan fingerprint density at radius 2 is 2.04 bits per heavy atom. The monoisotopic (exact) mass is 387 g/mol. The van der Waals surface area contributed by atoms with E-state index >= 15 is 0 Å². The zero-order valence-corrected chi connectivity index (χ0v) is 15.6. The largest absolute Gasteiger partial charge is 0.416 e. The van der Waals surface area contributed by atoms with Gasteiger partial charge in [0.25, 0.3) is 0 Å². The van der Waals surface area contributed by atoms with Crippen LogP contribution in [-0.2, 0) is 22.2 Å². The summed E-state index contributed by atoms with van der Waals surface area (Å²) in [6.07, 6.45) is -2.40. The van der Waals surface area contributed by atoms with Crippen molar-refractivity contribution in [3.8, 4) is 0 Å². The topological polar surface area (TPSA) is 54.9 Å². The van der Waals surface area contributed by atoms with Gasteiger partial charge < -0.3 is 20.1 Å². The van der Waals surface area contributed by atoms with Gasteiger partial charge in [-0.05, 0) is 37.5 Å². The van der Waals surface area contributed by atoms with Crippen LogP contribution in [0.5, 0.6) is 0 Å². The van der Waals surface area contributed by atoms with Crippen molar-refractivity contribution < 1.29 is 22.6 Å². The van der Waals surface area contributed by atoms with Crippen molar-refractivity contribution >= 4 is 5.96 Å². The van der Waals surface area contributed by atoms with Crippen molar-refractivity contribution in [2.45, 2.75) is 32.5 Å². The van der Waals surface area contributed by atoms with Crippen molar-refractivity contribution in [2.75, 3.05) is 39.5 Å². The third-order valence-corrected chi connectivity index (χ3v) is 4.18. The number of guanidine groups is 1. The molecule has 0 saturated carbocycles. The Morgan fingerprint density at radius 1 is 1.26 bits per heavy atom. The molecule has 5 nitrogen and oxygen atoms in total. The number of alkyl halides is 3. The first-order valence-electron chi connectivity index (χ1n) is 9.33. The second-order valence-corrected chi connectivity index (χ2v) is 6.47. The van der Waals surface area contributed by atoms with Crippen LogP contribution in [0.15, 0.2) is 29.3 Å². The molecule has 1 fully saturated rings. The average molecular weight is 387 g/mol. The number of rotatable bonds is 9. The maximum absolute atomic E-state index is 12.6. The van der Waals surface area contributed by atoms with Gasteiger partial charge in [-0.15, -0.1) is 0 Å². The minimum Gasteiger partial charge on any atom is -0.381 e. The molecule has 1 aromatic carbocycles. The van der Waals surface area contributed by atoms with Gasteiger partial charge in [0, 0.05) is 32.2 Å². The molecule has 1 aliphatic heterocycles. The van der Waals surface area contributed by atoms with E-state index in [9.17, 15) is 13.2 Å². The minimum atomic E-state index is -4.31. The van der Waals surface area contributed by atoms with E-state index in [1.165, 1.54) is 12.1 Å². The van der Waals surface area contributed by atoms with Crippen molar-refractivity contribution in [1.29, 1.82) is 0 Å². The number of halogens is 3. The van der Waals surface area contributed by atoms with E-state index in [1.807, 2.05) is 6.92 Å². The number of benzene rings is 1. The van der Waals surface area contributed by atoms with Crippen LogP contribution in [0.3, 0.4) is 0 Å². The van der Waals surface area contributed by atoms with Crippen molar-refractivity contribution in [2.24, 2.45) is 10.9 Å². The molecule has 0 aromatic heterocycles. The molecular formula is C19H28F3N3O2. The molecule has 1 aromatic rings. The molecule has 27 heavy (non-hydrogen) atoms. The Bertz CT molecular complexity index is 571. The Morgan fingerprint density at radius 3 is 2.67 bits per heavy atom.